The van der Waals surface area contributed by atoms with Gasteiger partial charge in [-0.05, 0) is 47.9 Å². The average molecular weight is 450 g/mol. The van der Waals surface area contributed by atoms with E-state index in [9.17, 15) is 18.0 Å². The molecule has 1 aliphatic heterocycles. The lowest BCUT2D eigenvalue weighted by atomic mass is 10.1. The Labute approximate surface area is 187 Å². The zero-order chi connectivity index (χ0) is 22.7. The highest BCUT2D eigenvalue weighted by Gasteiger charge is 2.27. The van der Waals surface area contributed by atoms with Gasteiger partial charge < -0.3 is 10.6 Å². The van der Waals surface area contributed by atoms with Gasteiger partial charge >= 0.3 is 0 Å². The van der Waals surface area contributed by atoms with E-state index in [1.807, 2.05) is 30.3 Å². The summed E-state index contributed by atoms with van der Waals surface area (Å²) in [6.07, 6.45) is 1.71. The van der Waals surface area contributed by atoms with E-state index in [0.717, 1.165) is 11.1 Å². The molecule has 0 aromatic heterocycles. The number of amides is 2. The van der Waals surface area contributed by atoms with Gasteiger partial charge in [0.1, 0.15) is 0 Å². The summed E-state index contributed by atoms with van der Waals surface area (Å²) in [5.41, 5.74) is 3.55. The smallest absolute Gasteiger partial charge is 0.255 e. The summed E-state index contributed by atoms with van der Waals surface area (Å²) in [7, 11) is -3.35. The number of para-hydroxylation sites is 1. The molecule has 4 rings (SSSR count). The summed E-state index contributed by atoms with van der Waals surface area (Å²) in [5.74, 6) is -0.656. The second-order valence-electron chi connectivity index (χ2n) is 7.60. The Kier molecular flexibility index (Phi) is 5.96. The number of hydrogen-bond acceptors (Lipinski definition) is 4. The molecule has 0 spiro atoms. The van der Waals surface area contributed by atoms with Crippen LogP contribution in [0.25, 0.3) is 0 Å². The zero-order valence-corrected chi connectivity index (χ0v) is 18.4. The molecule has 0 bridgehead atoms. The van der Waals surface area contributed by atoms with Gasteiger partial charge in [0.15, 0.2) is 0 Å². The van der Waals surface area contributed by atoms with Crippen LogP contribution in [-0.2, 0) is 23.0 Å². The third-order valence-corrected chi connectivity index (χ3v) is 6.49. The van der Waals surface area contributed by atoms with Crippen LogP contribution in [0.3, 0.4) is 0 Å². The third-order valence-electron chi connectivity index (χ3n) is 5.31. The number of sulfonamides is 1. The summed E-state index contributed by atoms with van der Waals surface area (Å²) in [6, 6.07) is 21.3. The molecule has 164 valence electrons. The Bertz CT molecular complexity index is 1270. The number of nitrogens with zero attached hydrogens (tertiary/aromatic N) is 1. The maximum atomic E-state index is 12.9. The number of benzene rings is 3. The van der Waals surface area contributed by atoms with Crippen LogP contribution in [0.1, 0.15) is 31.8 Å². The highest BCUT2D eigenvalue weighted by Crippen LogP contribution is 2.31. The van der Waals surface area contributed by atoms with E-state index in [4.69, 9.17) is 0 Å². The second kappa shape index (κ2) is 8.84. The minimum absolute atomic E-state index is 0.289. The quantitative estimate of drug-likeness (QED) is 0.604. The first-order valence-corrected chi connectivity index (χ1v) is 12.0. The van der Waals surface area contributed by atoms with Crippen molar-refractivity contribution < 1.29 is 18.0 Å². The summed E-state index contributed by atoms with van der Waals surface area (Å²) < 4.78 is 25.2. The lowest BCUT2D eigenvalue weighted by molar-refractivity contribution is 0.0951. The van der Waals surface area contributed by atoms with Crippen LogP contribution in [0.4, 0.5) is 11.4 Å². The van der Waals surface area contributed by atoms with Gasteiger partial charge in [0.05, 0.1) is 23.2 Å². The van der Waals surface area contributed by atoms with Gasteiger partial charge in [0, 0.05) is 18.7 Å². The normalized spacial score (nSPS) is 12.8. The molecule has 0 saturated carbocycles. The van der Waals surface area contributed by atoms with E-state index < -0.39 is 10.0 Å². The van der Waals surface area contributed by atoms with Gasteiger partial charge in [0.2, 0.25) is 10.0 Å². The molecular weight excluding hydrogens is 426 g/mol. The van der Waals surface area contributed by atoms with Crippen molar-refractivity contribution in [3.63, 3.8) is 0 Å². The number of rotatable bonds is 6. The monoisotopic (exact) mass is 449 g/mol. The van der Waals surface area contributed by atoms with Crippen LogP contribution in [0, 0.1) is 0 Å². The van der Waals surface area contributed by atoms with Crippen LogP contribution in [0.2, 0.25) is 0 Å². The first kappa shape index (κ1) is 21.6. The number of anilines is 2. The van der Waals surface area contributed by atoms with Gasteiger partial charge in [-0.2, -0.15) is 0 Å². The summed E-state index contributed by atoms with van der Waals surface area (Å²) >= 11 is 0. The fourth-order valence-electron chi connectivity index (χ4n) is 3.72. The molecule has 3 aromatic rings. The van der Waals surface area contributed by atoms with Crippen molar-refractivity contribution in [1.82, 2.24) is 5.32 Å². The largest absolute Gasteiger partial charge is 0.348 e. The number of hydrogen-bond donors (Lipinski definition) is 2. The summed E-state index contributed by atoms with van der Waals surface area (Å²) in [5, 5.41) is 5.68. The molecule has 2 N–H and O–H groups in total. The van der Waals surface area contributed by atoms with Gasteiger partial charge in [-0.25, -0.2) is 8.42 Å². The van der Waals surface area contributed by atoms with Crippen LogP contribution >= 0.6 is 0 Å². The maximum Gasteiger partial charge on any atom is 0.255 e. The van der Waals surface area contributed by atoms with Crippen LogP contribution in [-0.4, -0.2) is 33.0 Å². The van der Waals surface area contributed by atoms with Crippen LogP contribution in [0.15, 0.2) is 72.8 Å². The predicted octanol–water partition coefficient (Wildman–Crippen LogP) is 3.19. The molecule has 0 atom stereocenters. The molecule has 2 amide bonds. The van der Waals surface area contributed by atoms with E-state index in [1.54, 1.807) is 42.5 Å². The minimum Gasteiger partial charge on any atom is -0.348 e. The highest BCUT2D eigenvalue weighted by atomic mass is 32.2. The summed E-state index contributed by atoms with van der Waals surface area (Å²) in [6.45, 7) is 0.743. The van der Waals surface area contributed by atoms with Crippen molar-refractivity contribution in [2.75, 3.05) is 22.4 Å². The summed E-state index contributed by atoms with van der Waals surface area (Å²) in [4.78, 5) is 25.6. The maximum absolute atomic E-state index is 12.9. The molecule has 0 radical (unpaired) electrons. The Hall–Kier alpha value is -3.65. The lowest BCUT2D eigenvalue weighted by Gasteiger charge is -2.16. The molecule has 7 nitrogen and oxygen atoms in total. The van der Waals surface area contributed by atoms with Gasteiger partial charge in [-0.1, -0.05) is 42.5 Å². The van der Waals surface area contributed by atoms with Crippen LogP contribution in [0.5, 0.6) is 0 Å². The molecule has 3 aromatic carbocycles. The molecule has 1 heterocycles. The number of nitrogens with one attached hydrogen (secondary N) is 2. The number of carbonyl (C=O) groups excluding carboxylic acids is 2. The van der Waals surface area contributed by atoms with E-state index in [2.05, 4.69) is 10.6 Å². The van der Waals surface area contributed by atoms with Crippen molar-refractivity contribution in [3.05, 3.63) is 95.1 Å². The third kappa shape index (κ3) is 4.65. The number of fused-ring (bicyclic) bond motifs is 1. The zero-order valence-electron chi connectivity index (χ0n) is 17.5. The Morgan fingerprint density at radius 1 is 0.938 bits per heavy atom. The Morgan fingerprint density at radius 3 is 2.41 bits per heavy atom. The topological polar surface area (TPSA) is 95.6 Å². The van der Waals surface area contributed by atoms with Crippen LogP contribution < -0.4 is 14.9 Å². The van der Waals surface area contributed by atoms with Crippen molar-refractivity contribution in [2.24, 2.45) is 0 Å². The average Bonchev–Trinajstić information content (AvgIpc) is 3.22. The fourth-order valence-corrected chi connectivity index (χ4v) is 4.67. The molecular formula is C24H23N3O4S. The molecule has 0 aliphatic carbocycles. The SMILES string of the molecule is CS(=O)(=O)N1CCc2cc(C(=O)Nc3ccccc3C(=O)NCc3ccccc3)ccc21. The predicted molar refractivity (Wildman–Crippen MR) is 124 cm³/mol. The number of carbonyl (C=O) groups is 2. The molecule has 32 heavy (non-hydrogen) atoms. The van der Waals surface area contributed by atoms with E-state index in [0.29, 0.717) is 42.0 Å². The molecule has 0 saturated heterocycles. The van der Waals surface area contributed by atoms with Gasteiger partial charge in [0.25, 0.3) is 11.8 Å². The van der Waals surface area contributed by atoms with Gasteiger partial charge in [-0.3, -0.25) is 13.9 Å². The first-order valence-electron chi connectivity index (χ1n) is 10.2. The minimum atomic E-state index is -3.35. The van der Waals surface area contributed by atoms with E-state index in [1.165, 1.54) is 10.6 Å². The molecule has 0 unspecified atom stereocenters. The molecule has 0 fully saturated rings. The van der Waals surface area contributed by atoms with E-state index in [-0.39, 0.29) is 11.8 Å². The van der Waals surface area contributed by atoms with Crippen molar-refractivity contribution in [2.45, 2.75) is 13.0 Å². The second-order valence-corrected chi connectivity index (χ2v) is 9.50. The van der Waals surface area contributed by atoms with Crippen molar-refractivity contribution in [1.29, 1.82) is 0 Å². The Morgan fingerprint density at radius 2 is 1.66 bits per heavy atom. The lowest BCUT2D eigenvalue weighted by Crippen LogP contribution is -2.27. The first-order chi connectivity index (χ1) is 15.3. The van der Waals surface area contributed by atoms with Gasteiger partial charge in [-0.15, -0.1) is 0 Å². The van der Waals surface area contributed by atoms with Crippen molar-refractivity contribution in [3.8, 4) is 0 Å². The molecule has 8 heteroatoms. The van der Waals surface area contributed by atoms with E-state index >= 15 is 0 Å². The fraction of sp³-hybridized carbons (Fsp3) is 0.167. The molecule has 1 aliphatic rings. The highest BCUT2D eigenvalue weighted by molar-refractivity contribution is 7.92. The van der Waals surface area contributed by atoms with Crippen molar-refractivity contribution >= 4 is 33.2 Å². The standard InChI is InChI=1S/C24H23N3O4S/c1-32(30,31)27-14-13-18-15-19(11-12-22(18)27)23(28)26-21-10-6-5-9-20(21)24(29)25-16-17-7-3-2-4-8-17/h2-12,15H,13-14,16H2,1H3,(H,25,29)(H,26,28). The Balaban J connectivity index is 1.49.